The summed E-state index contributed by atoms with van der Waals surface area (Å²) in [7, 11) is 1.22. The number of ketones is 1. The molecule has 0 bridgehead atoms. The summed E-state index contributed by atoms with van der Waals surface area (Å²) >= 11 is 1.08. The van der Waals surface area contributed by atoms with Gasteiger partial charge in [-0.05, 0) is 6.92 Å². The second-order valence-corrected chi connectivity index (χ2v) is 5.76. The lowest BCUT2D eigenvalue weighted by Gasteiger charge is -2.49. The van der Waals surface area contributed by atoms with E-state index >= 15 is 0 Å². The van der Waals surface area contributed by atoms with Gasteiger partial charge >= 0.3 is 5.97 Å². The van der Waals surface area contributed by atoms with Crippen molar-refractivity contribution >= 4 is 39.8 Å². The second kappa shape index (κ2) is 6.51. The van der Waals surface area contributed by atoms with E-state index in [1.165, 1.54) is 19.4 Å². The van der Waals surface area contributed by atoms with Crippen molar-refractivity contribution in [1.82, 2.24) is 10.0 Å². The number of hydrogen-bond donors (Lipinski definition) is 3. The molecule has 1 aliphatic rings. The number of Topliss-reactive ketones (excluding diaryl/α,β-unsaturated/α-hetero) is 1. The lowest BCUT2D eigenvalue weighted by molar-refractivity contribution is -0.241. The van der Waals surface area contributed by atoms with Crippen molar-refractivity contribution in [3.63, 3.8) is 0 Å². The maximum atomic E-state index is 12.7. The minimum atomic E-state index is -1.96. The number of oxime groups is 1. The van der Waals surface area contributed by atoms with Gasteiger partial charge in [0.25, 0.3) is 5.91 Å². The normalized spacial score (nSPS) is 23.8. The van der Waals surface area contributed by atoms with Gasteiger partial charge in [0.05, 0.1) is 6.04 Å². The number of carbonyl (C=O) groups excluding carboxylic acids is 2. The van der Waals surface area contributed by atoms with Crippen molar-refractivity contribution in [1.29, 1.82) is 0 Å². The maximum Gasteiger partial charge on any atom is 0.332 e. The van der Waals surface area contributed by atoms with Crippen LogP contribution < -0.4 is 11.5 Å². The fourth-order valence-corrected chi connectivity index (χ4v) is 2.67. The van der Waals surface area contributed by atoms with E-state index in [9.17, 15) is 14.4 Å². The predicted octanol–water partition coefficient (Wildman–Crippen LogP) is -1.41. The number of hydrogen-bond acceptors (Lipinski definition) is 10. The van der Waals surface area contributed by atoms with Crippen LogP contribution in [0.2, 0.25) is 0 Å². The molecule has 0 spiro atoms. The van der Waals surface area contributed by atoms with Crippen molar-refractivity contribution < 1.29 is 29.2 Å². The monoisotopic (exact) mass is 357 g/mol. The Morgan fingerprint density at radius 3 is 2.71 bits per heavy atom. The largest absolute Gasteiger partial charge is 0.479 e. The van der Waals surface area contributed by atoms with Crippen LogP contribution in [0.1, 0.15) is 12.6 Å². The van der Waals surface area contributed by atoms with E-state index in [2.05, 4.69) is 15.0 Å². The number of β-lactam (4-membered cyclic amide) rings is 1. The molecule has 1 aliphatic heterocycles. The molecule has 12 heteroatoms. The van der Waals surface area contributed by atoms with Gasteiger partial charge in [0.15, 0.2) is 23.0 Å². The Labute approximate surface area is 139 Å². The molecule has 0 saturated carbocycles. The first-order chi connectivity index (χ1) is 11.2. The fraction of sp³-hybridized carbons (Fsp3) is 0.417. The number of nitrogens with two attached hydrogens (primary N) is 2. The number of carboxylic acid groups (broad SMARTS) is 1. The highest BCUT2D eigenvalue weighted by atomic mass is 32.1. The van der Waals surface area contributed by atoms with Gasteiger partial charge in [-0.15, -0.1) is 11.3 Å². The first-order valence-corrected chi connectivity index (χ1v) is 7.46. The third-order valence-corrected chi connectivity index (χ3v) is 4.10. The molecule has 1 aromatic heterocycles. The lowest BCUT2D eigenvalue weighted by Crippen LogP contribution is -2.81. The van der Waals surface area contributed by atoms with Crippen molar-refractivity contribution in [2.45, 2.75) is 18.5 Å². The predicted molar refractivity (Wildman–Crippen MR) is 81.9 cm³/mol. The summed E-state index contributed by atoms with van der Waals surface area (Å²) in [6, 6.07) is -0.908. The number of nitrogens with zero attached hydrogens (tertiary/aromatic N) is 3. The van der Waals surface area contributed by atoms with E-state index in [4.69, 9.17) is 21.4 Å². The van der Waals surface area contributed by atoms with Crippen LogP contribution in [0, 0.1) is 0 Å². The third kappa shape index (κ3) is 2.81. The topological polar surface area (TPSA) is 170 Å². The Hall–Kier alpha value is -2.57. The second-order valence-electron chi connectivity index (χ2n) is 4.87. The van der Waals surface area contributed by atoms with Gasteiger partial charge < -0.3 is 21.4 Å². The molecule has 5 N–H and O–H groups in total. The van der Waals surface area contributed by atoms with Crippen LogP contribution in [-0.2, 0) is 24.1 Å². The Kier molecular flexibility index (Phi) is 4.82. The first kappa shape index (κ1) is 17.8. The van der Waals surface area contributed by atoms with Gasteiger partial charge in [-0.1, -0.05) is 5.16 Å². The number of amides is 1. The number of rotatable bonds is 7. The van der Waals surface area contributed by atoms with E-state index in [1.807, 2.05) is 0 Å². The Morgan fingerprint density at radius 2 is 2.25 bits per heavy atom. The van der Waals surface area contributed by atoms with E-state index in [1.54, 1.807) is 0 Å². The molecule has 0 aliphatic carbocycles. The van der Waals surface area contributed by atoms with Crippen LogP contribution in [0.25, 0.3) is 0 Å². The highest BCUT2D eigenvalue weighted by Crippen LogP contribution is 2.31. The summed E-state index contributed by atoms with van der Waals surface area (Å²) in [6.45, 7) is 0.711. The molecule has 0 radical (unpaired) electrons. The SMILES string of the molecule is CON=C(C(=O)C1(N)C(=O)N(OCC(=O)O)C1C)c1csc(N)n1. The number of nitrogen functional groups attached to an aromatic ring is 1. The van der Waals surface area contributed by atoms with E-state index in [-0.39, 0.29) is 16.5 Å². The third-order valence-electron chi connectivity index (χ3n) is 3.43. The fourth-order valence-electron chi connectivity index (χ4n) is 2.13. The molecular weight excluding hydrogens is 342 g/mol. The van der Waals surface area contributed by atoms with Crippen LogP contribution in [0.15, 0.2) is 10.5 Å². The van der Waals surface area contributed by atoms with Crippen LogP contribution in [-0.4, -0.2) is 63.8 Å². The molecule has 0 aromatic carbocycles. The molecule has 2 heterocycles. The van der Waals surface area contributed by atoms with Crippen molar-refractivity contribution in [2.24, 2.45) is 10.9 Å². The quantitative estimate of drug-likeness (QED) is 0.229. The smallest absolute Gasteiger partial charge is 0.332 e. The van der Waals surface area contributed by atoms with Crippen LogP contribution in [0.3, 0.4) is 0 Å². The minimum Gasteiger partial charge on any atom is -0.479 e. The number of hydroxylamine groups is 2. The van der Waals surface area contributed by atoms with Crippen molar-refractivity contribution in [3.8, 4) is 0 Å². The van der Waals surface area contributed by atoms with Gasteiger partial charge in [-0.2, -0.15) is 0 Å². The Bertz CT molecular complexity index is 719. The average molecular weight is 357 g/mol. The number of carboxylic acids is 1. The Morgan fingerprint density at radius 1 is 1.58 bits per heavy atom. The van der Waals surface area contributed by atoms with Gasteiger partial charge in [0.1, 0.15) is 12.8 Å². The summed E-state index contributed by atoms with van der Waals surface area (Å²) in [5.41, 5.74) is 9.38. The lowest BCUT2D eigenvalue weighted by atomic mass is 9.77. The molecule has 24 heavy (non-hydrogen) atoms. The standard InChI is InChI=1S/C12H15N5O6S/c1-5-12(14,10(21)17(5)23-3-7(18)19)9(20)8(16-22-2)6-4-24-11(13)15-6/h4-5H,3,14H2,1-2H3,(H2,13,15)(H,18,19). The maximum absolute atomic E-state index is 12.7. The number of aliphatic carboxylic acids is 1. The number of anilines is 1. The highest BCUT2D eigenvalue weighted by molar-refractivity contribution is 7.13. The van der Waals surface area contributed by atoms with Crippen molar-refractivity contribution in [3.05, 3.63) is 11.1 Å². The zero-order valence-corrected chi connectivity index (χ0v) is 13.6. The Balaban J connectivity index is 2.25. The van der Waals surface area contributed by atoms with Crippen molar-refractivity contribution in [2.75, 3.05) is 19.5 Å². The number of thiazole rings is 1. The van der Waals surface area contributed by atoms with E-state index < -0.39 is 35.8 Å². The van der Waals surface area contributed by atoms with Crippen LogP contribution in [0.4, 0.5) is 5.13 Å². The molecule has 1 amide bonds. The molecular formula is C12H15N5O6S. The molecule has 130 valence electrons. The highest BCUT2D eigenvalue weighted by Gasteiger charge is 2.63. The summed E-state index contributed by atoms with van der Waals surface area (Å²) in [5.74, 6) is -2.98. The molecule has 2 rings (SSSR count). The minimum absolute atomic E-state index is 0.124. The molecule has 1 saturated heterocycles. The van der Waals surface area contributed by atoms with Gasteiger partial charge in [0.2, 0.25) is 5.78 Å². The van der Waals surface area contributed by atoms with Crippen LogP contribution in [0.5, 0.6) is 0 Å². The summed E-state index contributed by atoms with van der Waals surface area (Å²) < 4.78 is 0. The van der Waals surface area contributed by atoms with Gasteiger partial charge in [-0.25, -0.2) is 14.8 Å². The van der Waals surface area contributed by atoms with Crippen LogP contribution >= 0.6 is 11.3 Å². The number of aromatic nitrogens is 1. The summed E-state index contributed by atoms with van der Waals surface area (Å²) in [5, 5.41) is 14.6. The zero-order valence-electron chi connectivity index (χ0n) is 12.8. The molecule has 11 nitrogen and oxygen atoms in total. The molecule has 2 unspecified atom stereocenters. The molecule has 1 fully saturated rings. The van der Waals surface area contributed by atoms with Gasteiger partial charge in [0, 0.05) is 5.38 Å². The van der Waals surface area contributed by atoms with Gasteiger partial charge in [-0.3, -0.25) is 14.4 Å². The van der Waals surface area contributed by atoms with E-state index in [0.29, 0.717) is 0 Å². The molecule has 2 atom stereocenters. The number of carbonyl (C=O) groups is 3. The first-order valence-electron chi connectivity index (χ1n) is 6.58. The summed E-state index contributed by atoms with van der Waals surface area (Å²) in [6.07, 6.45) is 0. The zero-order chi connectivity index (χ0) is 18.1. The van der Waals surface area contributed by atoms with E-state index in [0.717, 1.165) is 16.4 Å². The molecule has 1 aromatic rings. The average Bonchev–Trinajstić information content (AvgIpc) is 2.97. The summed E-state index contributed by atoms with van der Waals surface area (Å²) in [4.78, 5) is 48.8.